The van der Waals surface area contributed by atoms with Crippen LogP contribution in [0.3, 0.4) is 0 Å². The van der Waals surface area contributed by atoms with E-state index in [1.165, 1.54) is 32.1 Å². The van der Waals surface area contributed by atoms with Gasteiger partial charge in [0.05, 0.1) is 5.60 Å². The fourth-order valence-electron chi connectivity index (χ4n) is 3.37. The Bertz CT molecular complexity index is 225. The fourth-order valence-corrected chi connectivity index (χ4v) is 3.78. The molecule has 2 fully saturated rings. The van der Waals surface area contributed by atoms with Gasteiger partial charge in [0, 0.05) is 13.1 Å². The quantitative estimate of drug-likeness (QED) is 0.724. The molecule has 0 aromatic heterocycles. The van der Waals surface area contributed by atoms with Gasteiger partial charge in [-0.25, -0.2) is 0 Å². The van der Waals surface area contributed by atoms with Gasteiger partial charge in [-0.2, -0.15) is 12.6 Å². The number of aliphatic hydroxyl groups is 1. The van der Waals surface area contributed by atoms with Gasteiger partial charge >= 0.3 is 0 Å². The first-order chi connectivity index (χ1) is 7.58. The Hall–Kier alpha value is 0.270. The Balaban J connectivity index is 1.81. The van der Waals surface area contributed by atoms with Crippen molar-refractivity contribution in [2.75, 3.05) is 25.9 Å². The van der Waals surface area contributed by atoms with Crippen molar-refractivity contribution in [3.8, 4) is 0 Å². The lowest BCUT2D eigenvalue weighted by atomic mass is 9.70. The van der Waals surface area contributed by atoms with Crippen molar-refractivity contribution >= 4 is 12.6 Å². The maximum Gasteiger partial charge on any atom is 0.0774 e. The highest BCUT2D eigenvalue weighted by atomic mass is 32.1. The lowest BCUT2D eigenvalue weighted by Gasteiger charge is -2.44. The van der Waals surface area contributed by atoms with Crippen molar-refractivity contribution < 1.29 is 5.11 Å². The molecule has 0 spiro atoms. The van der Waals surface area contributed by atoms with E-state index in [1.807, 2.05) is 0 Å². The molecule has 16 heavy (non-hydrogen) atoms. The third-order valence-electron chi connectivity index (χ3n) is 4.45. The van der Waals surface area contributed by atoms with E-state index in [0.717, 1.165) is 31.7 Å². The van der Waals surface area contributed by atoms with Gasteiger partial charge in [-0.05, 0) is 43.9 Å². The van der Waals surface area contributed by atoms with E-state index < -0.39 is 5.60 Å². The van der Waals surface area contributed by atoms with Crippen LogP contribution in [0.5, 0.6) is 0 Å². The zero-order chi connectivity index (χ0) is 11.6. The third-order valence-corrected chi connectivity index (χ3v) is 5.12. The molecule has 2 saturated carbocycles. The molecule has 2 nitrogen and oxygen atoms in total. The summed E-state index contributed by atoms with van der Waals surface area (Å²) in [6.07, 6.45) is 8.37. The molecule has 0 unspecified atom stereocenters. The highest BCUT2D eigenvalue weighted by molar-refractivity contribution is 7.80. The van der Waals surface area contributed by atoms with Gasteiger partial charge in [0.15, 0.2) is 0 Å². The maximum atomic E-state index is 10.4. The van der Waals surface area contributed by atoms with Crippen molar-refractivity contribution in [1.82, 2.24) is 4.90 Å². The number of rotatable bonds is 5. The molecule has 3 heteroatoms. The van der Waals surface area contributed by atoms with Gasteiger partial charge < -0.3 is 10.0 Å². The second kappa shape index (κ2) is 4.87. The Labute approximate surface area is 105 Å². The van der Waals surface area contributed by atoms with Gasteiger partial charge in [-0.3, -0.25) is 0 Å². The fraction of sp³-hybridized carbons (Fsp3) is 1.00. The summed E-state index contributed by atoms with van der Waals surface area (Å²) in [6, 6.07) is 0. The predicted molar refractivity (Wildman–Crippen MR) is 71.1 cm³/mol. The lowest BCUT2D eigenvalue weighted by molar-refractivity contribution is -0.00194. The first kappa shape index (κ1) is 12.7. The van der Waals surface area contributed by atoms with Gasteiger partial charge in [0.25, 0.3) is 0 Å². The summed E-state index contributed by atoms with van der Waals surface area (Å²) in [7, 11) is 2.15. The number of thiol groups is 1. The monoisotopic (exact) mass is 243 g/mol. The zero-order valence-corrected chi connectivity index (χ0v) is 11.3. The Morgan fingerprint density at radius 3 is 2.12 bits per heavy atom. The van der Waals surface area contributed by atoms with Crippen molar-refractivity contribution in [2.24, 2.45) is 5.41 Å². The van der Waals surface area contributed by atoms with E-state index in [2.05, 4.69) is 24.6 Å². The van der Waals surface area contributed by atoms with Gasteiger partial charge in [0.2, 0.25) is 0 Å². The number of likely N-dealkylation sites (N-methyl/N-ethyl adjacent to an activating group) is 1. The summed E-state index contributed by atoms with van der Waals surface area (Å²) < 4.78 is 0. The highest BCUT2D eigenvalue weighted by Gasteiger charge is 2.39. The molecule has 0 radical (unpaired) electrons. The van der Waals surface area contributed by atoms with E-state index in [1.54, 1.807) is 0 Å². The average molecular weight is 243 g/mol. The Morgan fingerprint density at radius 2 is 1.69 bits per heavy atom. The normalized spacial score (nSPS) is 27.0. The molecule has 0 amide bonds. The van der Waals surface area contributed by atoms with Crippen LogP contribution in [0.1, 0.15) is 44.9 Å². The molecule has 0 heterocycles. The van der Waals surface area contributed by atoms with E-state index in [-0.39, 0.29) is 0 Å². The van der Waals surface area contributed by atoms with Crippen LogP contribution in [0.4, 0.5) is 0 Å². The molecule has 0 aromatic carbocycles. The molecular formula is C13H25NOS. The van der Waals surface area contributed by atoms with Gasteiger partial charge in [0.1, 0.15) is 0 Å². The molecule has 2 aliphatic rings. The second-order valence-corrected chi connectivity index (χ2v) is 6.43. The summed E-state index contributed by atoms with van der Waals surface area (Å²) >= 11 is 4.49. The molecule has 0 atom stereocenters. The second-order valence-electron chi connectivity index (χ2n) is 6.12. The van der Waals surface area contributed by atoms with E-state index in [4.69, 9.17) is 0 Å². The Kier molecular flexibility index (Phi) is 3.87. The van der Waals surface area contributed by atoms with Crippen LogP contribution in [0.15, 0.2) is 0 Å². The van der Waals surface area contributed by atoms with Crippen LogP contribution in [-0.4, -0.2) is 41.5 Å². The van der Waals surface area contributed by atoms with E-state index in [9.17, 15) is 5.11 Å². The molecule has 0 aliphatic heterocycles. The molecule has 0 aromatic rings. The predicted octanol–water partition coefficient (Wildman–Crippen LogP) is 2.32. The van der Waals surface area contributed by atoms with E-state index >= 15 is 0 Å². The minimum Gasteiger partial charge on any atom is -0.389 e. The molecular weight excluding hydrogens is 218 g/mol. The van der Waals surface area contributed by atoms with Crippen LogP contribution < -0.4 is 0 Å². The smallest absolute Gasteiger partial charge is 0.0774 e. The summed E-state index contributed by atoms with van der Waals surface area (Å²) in [5.41, 5.74) is 0.0586. The van der Waals surface area contributed by atoms with Crippen LogP contribution in [0.2, 0.25) is 0 Å². The van der Waals surface area contributed by atoms with E-state index in [0.29, 0.717) is 5.41 Å². The standard InChI is InChI=1S/C13H25NOS/c1-14(9-12(11-16)5-4-6-12)10-13(15)7-2-3-8-13/h15-16H,2-11H2,1H3. The maximum absolute atomic E-state index is 10.4. The summed E-state index contributed by atoms with van der Waals surface area (Å²) in [6.45, 7) is 1.96. The molecule has 2 aliphatic carbocycles. The summed E-state index contributed by atoms with van der Waals surface area (Å²) in [5.74, 6) is 0.996. The number of hydrogen-bond acceptors (Lipinski definition) is 3. The first-order valence-corrected chi connectivity index (χ1v) is 7.23. The van der Waals surface area contributed by atoms with Crippen molar-refractivity contribution in [3.05, 3.63) is 0 Å². The molecule has 1 N–H and O–H groups in total. The van der Waals surface area contributed by atoms with Crippen LogP contribution in [-0.2, 0) is 0 Å². The lowest BCUT2D eigenvalue weighted by Crippen LogP contribution is -2.47. The minimum atomic E-state index is -0.393. The average Bonchev–Trinajstić information content (AvgIpc) is 2.58. The van der Waals surface area contributed by atoms with Crippen molar-refractivity contribution in [2.45, 2.75) is 50.5 Å². The number of nitrogens with zero attached hydrogens (tertiary/aromatic N) is 1. The molecule has 0 saturated heterocycles. The molecule has 0 bridgehead atoms. The number of hydrogen-bond donors (Lipinski definition) is 2. The van der Waals surface area contributed by atoms with Crippen LogP contribution >= 0.6 is 12.6 Å². The summed E-state index contributed by atoms with van der Waals surface area (Å²) in [5, 5.41) is 10.4. The first-order valence-electron chi connectivity index (χ1n) is 6.59. The molecule has 2 rings (SSSR count). The van der Waals surface area contributed by atoms with Crippen molar-refractivity contribution in [1.29, 1.82) is 0 Å². The van der Waals surface area contributed by atoms with Crippen LogP contribution in [0, 0.1) is 5.41 Å². The minimum absolute atomic E-state index is 0.393. The zero-order valence-electron chi connectivity index (χ0n) is 10.4. The Morgan fingerprint density at radius 1 is 1.06 bits per heavy atom. The largest absolute Gasteiger partial charge is 0.389 e. The van der Waals surface area contributed by atoms with Gasteiger partial charge in [-0.1, -0.05) is 19.3 Å². The summed E-state index contributed by atoms with van der Waals surface area (Å²) in [4.78, 5) is 2.33. The van der Waals surface area contributed by atoms with Gasteiger partial charge in [-0.15, -0.1) is 0 Å². The SMILES string of the molecule is CN(CC1(O)CCCC1)CC1(CS)CCC1. The molecule has 94 valence electrons. The van der Waals surface area contributed by atoms with Crippen LogP contribution in [0.25, 0.3) is 0 Å². The topological polar surface area (TPSA) is 23.5 Å². The van der Waals surface area contributed by atoms with Crippen molar-refractivity contribution in [3.63, 3.8) is 0 Å². The highest BCUT2D eigenvalue weighted by Crippen LogP contribution is 2.42. The third kappa shape index (κ3) is 2.74.